The Hall–Kier alpha value is -2.30. The molecule has 2 heterocycles. The summed E-state index contributed by atoms with van der Waals surface area (Å²) >= 11 is 0. The van der Waals surface area contributed by atoms with E-state index in [-0.39, 0.29) is 5.56 Å². The molecule has 0 fully saturated rings. The van der Waals surface area contributed by atoms with Crippen LogP contribution in [0.4, 0.5) is 0 Å². The number of ether oxygens (including phenoxy) is 1. The lowest BCUT2D eigenvalue weighted by Gasteiger charge is -2.20. The number of rotatable bonds is 1. The van der Waals surface area contributed by atoms with Gasteiger partial charge in [-0.15, -0.1) is 0 Å². The molecule has 0 atom stereocenters. The van der Waals surface area contributed by atoms with E-state index >= 15 is 0 Å². The molecule has 0 bridgehead atoms. The van der Waals surface area contributed by atoms with Crippen molar-refractivity contribution in [2.45, 2.75) is 6.54 Å². The van der Waals surface area contributed by atoms with E-state index in [1.165, 1.54) is 10.6 Å². The Bertz CT molecular complexity index is 687. The summed E-state index contributed by atoms with van der Waals surface area (Å²) in [4.78, 5) is 23.0. The summed E-state index contributed by atoms with van der Waals surface area (Å²) < 4.78 is 6.91. The van der Waals surface area contributed by atoms with Crippen molar-refractivity contribution in [3.63, 3.8) is 0 Å². The normalized spacial score (nSPS) is 13.4. The first-order valence-corrected chi connectivity index (χ1v) is 5.21. The molecule has 0 saturated carbocycles. The Kier molecular flexibility index (Phi) is 1.95. The van der Waals surface area contributed by atoms with E-state index in [4.69, 9.17) is 9.84 Å². The lowest BCUT2D eigenvalue weighted by molar-refractivity contribution is 0.0694. The average Bonchev–Trinajstić information content (AvgIpc) is 2.33. The van der Waals surface area contributed by atoms with Crippen molar-refractivity contribution in [2.75, 3.05) is 6.61 Å². The summed E-state index contributed by atoms with van der Waals surface area (Å²) in [7, 11) is 0. The highest BCUT2D eigenvalue weighted by molar-refractivity contribution is 5.94. The van der Waals surface area contributed by atoms with E-state index in [1.807, 2.05) is 0 Å². The standard InChI is InChI=1S/C12H9NO4/c14-11-8(12(15)16)6-7-2-1-3-9-10(7)13(11)4-5-17-9/h1-3,6H,4-5H2,(H,15,16). The van der Waals surface area contributed by atoms with E-state index in [0.717, 1.165) is 0 Å². The van der Waals surface area contributed by atoms with Gasteiger partial charge in [0.25, 0.3) is 5.56 Å². The van der Waals surface area contributed by atoms with Gasteiger partial charge in [0.15, 0.2) is 0 Å². The van der Waals surface area contributed by atoms with Crippen LogP contribution in [0.2, 0.25) is 0 Å². The second-order valence-corrected chi connectivity index (χ2v) is 3.86. The van der Waals surface area contributed by atoms with Crippen LogP contribution in [0.1, 0.15) is 10.4 Å². The number of carboxylic acids is 1. The molecule has 0 aliphatic carbocycles. The van der Waals surface area contributed by atoms with E-state index in [9.17, 15) is 9.59 Å². The highest BCUT2D eigenvalue weighted by Gasteiger charge is 2.19. The van der Waals surface area contributed by atoms with Gasteiger partial charge in [-0.1, -0.05) is 12.1 Å². The van der Waals surface area contributed by atoms with Gasteiger partial charge in [0, 0.05) is 5.39 Å². The monoisotopic (exact) mass is 231 g/mol. The molecule has 1 aliphatic rings. The Balaban J connectivity index is 2.51. The molecule has 0 saturated heterocycles. The fourth-order valence-corrected chi connectivity index (χ4v) is 2.14. The van der Waals surface area contributed by atoms with Crippen LogP contribution in [-0.2, 0) is 6.54 Å². The molecular formula is C12H9NO4. The van der Waals surface area contributed by atoms with Gasteiger partial charge in [0.05, 0.1) is 12.1 Å². The number of aromatic nitrogens is 1. The SMILES string of the molecule is O=C(O)c1cc2cccc3c2n(c1=O)CCO3. The maximum Gasteiger partial charge on any atom is 0.341 e. The van der Waals surface area contributed by atoms with Gasteiger partial charge >= 0.3 is 5.97 Å². The van der Waals surface area contributed by atoms with E-state index < -0.39 is 11.5 Å². The maximum atomic E-state index is 12.0. The van der Waals surface area contributed by atoms with Gasteiger partial charge in [-0.05, 0) is 12.1 Å². The predicted molar refractivity (Wildman–Crippen MR) is 60.7 cm³/mol. The fourth-order valence-electron chi connectivity index (χ4n) is 2.14. The molecule has 0 spiro atoms. The Labute approximate surface area is 95.9 Å². The minimum Gasteiger partial charge on any atom is -0.490 e. The molecule has 1 aliphatic heterocycles. The summed E-state index contributed by atoms with van der Waals surface area (Å²) in [6.07, 6.45) is 0. The molecule has 0 amide bonds. The van der Waals surface area contributed by atoms with Gasteiger partial charge in [-0.25, -0.2) is 4.79 Å². The zero-order valence-electron chi connectivity index (χ0n) is 8.84. The maximum absolute atomic E-state index is 12.0. The van der Waals surface area contributed by atoms with Crippen molar-refractivity contribution in [3.8, 4) is 5.75 Å². The van der Waals surface area contributed by atoms with E-state index in [0.29, 0.717) is 29.8 Å². The first kappa shape index (κ1) is 9.89. The average molecular weight is 231 g/mol. The van der Waals surface area contributed by atoms with Crippen molar-refractivity contribution in [1.82, 2.24) is 4.57 Å². The third-order valence-electron chi connectivity index (χ3n) is 2.88. The Morgan fingerprint density at radius 2 is 2.24 bits per heavy atom. The van der Waals surface area contributed by atoms with E-state index in [1.54, 1.807) is 18.2 Å². The highest BCUT2D eigenvalue weighted by atomic mass is 16.5. The van der Waals surface area contributed by atoms with Crippen LogP contribution in [0.3, 0.4) is 0 Å². The van der Waals surface area contributed by atoms with Crippen molar-refractivity contribution in [2.24, 2.45) is 0 Å². The van der Waals surface area contributed by atoms with Crippen LogP contribution >= 0.6 is 0 Å². The smallest absolute Gasteiger partial charge is 0.341 e. The number of carbonyl (C=O) groups is 1. The molecule has 86 valence electrons. The lowest BCUT2D eigenvalue weighted by Crippen LogP contribution is -2.31. The molecule has 1 aromatic carbocycles. The number of benzene rings is 1. The Morgan fingerprint density at radius 1 is 1.41 bits per heavy atom. The van der Waals surface area contributed by atoms with Crippen LogP contribution in [0.15, 0.2) is 29.1 Å². The van der Waals surface area contributed by atoms with Crippen LogP contribution in [0, 0.1) is 0 Å². The number of pyridine rings is 1. The summed E-state index contributed by atoms with van der Waals surface area (Å²) in [5, 5.41) is 9.70. The number of aromatic carboxylic acids is 1. The summed E-state index contributed by atoms with van der Waals surface area (Å²) in [6.45, 7) is 0.766. The summed E-state index contributed by atoms with van der Waals surface area (Å²) in [5.41, 5.74) is 0.00560. The number of nitrogens with zero attached hydrogens (tertiary/aromatic N) is 1. The number of carboxylic acid groups (broad SMARTS) is 1. The summed E-state index contributed by atoms with van der Waals surface area (Å²) in [6, 6.07) is 6.73. The van der Waals surface area contributed by atoms with Gasteiger partial charge in [-0.2, -0.15) is 0 Å². The van der Waals surface area contributed by atoms with Gasteiger partial charge < -0.3 is 14.4 Å². The second-order valence-electron chi connectivity index (χ2n) is 3.86. The molecule has 1 N–H and O–H groups in total. The minimum atomic E-state index is -1.20. The van der Waals surface area contributed by atoms with Crippen molar-refractivity contribution >= 4 is 16.9 Å². The first-order valence-electron chi connectivity index (χ1n) is 5.21. The van der Waals surface area contributed by atoms with Gasteiger partial charge in [0.2, 0.25) is 0 Å². The fraction of sp³-hybridized carbons (Fsp3) is 0.167. The molecule has 2 aromatic rings. The number of para-hydroxylation sites is 1. The molecule has 5 nitrogen and oxygen atoms in total. The zero-order valence-corrected chi connectivity index (χ0v) is 8.84. The molecule has 0 radical (unpaired) electrons. The minimum absolute atomic E-state index is 0.198. The second kappa shape index (κ2) is 3.35. The molecule has 3 rings (SSSR count). The van der Waals surface area contributed by atoms with Crippen molar-refractivity contribution in [1.29, 1.82) is 0 Å². The third kappa shape index (κ3) is 1.32. The quantitative estimate of drug-likeness (QED) is 0.797. The third-order valence-corrected chi connectivity index (χ3v) is 2.88. The molecule has 1 aromatic heterocycles. The largest absolute Gasteiger partial charge is 0.490 e. The van der Waals surface area contributed by atoms with Crippen molar-refractivity contribution in [3.05, 3.63) is 40.2 Å². The molecular weight excluding hydrogens is 222 g/mol. The topological polar surface area (TPSA) is 68.5 Å². The first-order chi connectivity index (χ1) is 8.18. The van der Waals surface area contributed by atoms with E-state index in [2.05, 4.69) is 0 Å². The Morgan fingerprint density at radius 3 is 3.00 bits per heavy atom. The number of hydrogen-bond donors (Lipinski definition) is 1. The summed E-state index contributed by atoms with van der Waals surface area (Å²) in [5.74, 6) is -0.569. The van der Waals surface area contributed by atoms with Crippen LogP contribution in [-0.4, -0.2) is 22.2 Å². The molecule has 0 unspecified atom stereocenters. The zero-order chi connectivity index (χ0) is 12.0. The van der Waals surface area contributed by atoms with Gasteiger partial charge in [-0.3, -0.25) is 4.79 Å². The lowest BCUT2D eigenvalue weighted by atomic mass is 10.1. The van der Waals surface area contributed by atoms with Gasteiger partial charge in [0.1, 0.15) is 17.9 Å². The predicted octanol–water partition coefficient (Wildman–Crippen LogP) is 1.09. The van der Waals surface area contributed by atoms with Crippen LogP contribution in [0.25, 0.3) is 10.9 Å². The number of hydrogen-bond acceptors (Lipinski definition) is 3. The highest BCUT2D eigenvalue weighted by Crippen LogP contribution is 2.27. The molecule has 17 heavy (non-hydrogen) atoms. The van der Waals surface area contributed by atoms with Crippen LogP contribution in [0.5, 0.6) is 5.75 Å². The van der Waals surface area contributed by atoms with Crippen molar-refractivity contribution < 1.29 is 14.6 Å². The molecule has 5 heteroatoms. The van der Waals surface area contributed by atoms with Crippen LogP contribution < -0.4 is 10.3 Å².